The number of hydrogen-bond acceptors (Lipinski definition) is 6. The van der Waals surface area contributed by atoms with E-state index in [0.717, 1.165) is 64.9 Å². The van der Waals surface area contributed by atoms with E-state index in [9.17, 15) is 4.79 Å². The van der Waals surface area contributed by atoms with Gasteiger partial charge in [0.25, 0.3) is 0 Å². The lowest BCUT2D eigenvalue weighted by atomic mass is 9.85. The van der Waals surface area contributed by atoms with Crippen LogP contribution < -0.4 is 25.4 Å². The number of aromatic nitrogens is 1. The van der Waals surface area contributed by atoms with E-state index in [4.69, 9.17) is 26.2 Å². The fourth-order valence-electron chi connectivity index (χ4n) is 4.79. The molecule has 1 aliphatic carbocycles. The molecule has 9 heteroatoms. The van der Waals surface area contributed by atoms with Crippen LogP contribution in [0.1, 0.15) is 36.8 Å². The Morgan fingerprint density at radius 1 is 1.06 bits per heavy atom. The van der Waals surface area contributed by atoms with Crippen LogP contribution >= 0.6 is 11.6 Å². The van der Waals surface area contributed by atoms with E-state index in [0.29, 0.717) is 36.6 Å². The Hall–Kier alpha value is -3.23. The number of pyridine rings is 1. The first kappa shape index (κ1) is 25.9. The van der Waals surface area contributed by atoms with Crippen molar-refractivity contribution >= 4 is 34.3 Å². The van der Waals surface area contributed by atoms with Crippen LogP contribution in [0.2, 0.25) is 5.02 Å². The highest BCUT2D eigenvalue weighted by molar-refractivity contribution is 6.31. The molecule has 1 amide bonds. The fourth-order valence-corrected chi connectivity index (χ4v) is 4.96. The summed E-state index contributed by atoms with van der Waals surface area (Å²) < 4.78 is 10.8. The molecule has 2 aromatic carbocycles. The molecule has 0 atom stereocenters. The molecule has 1 heterocycles. The zero-order valence-electron chi connectivity index (χ0n) is 20.6. The minimum atomic E-state index is -0.959. The van der Waals surface area contributed by atoms with Crippen molar-refractivity contribution in [2.75, 3.05) is 26.1 Å². The topological polar surface area (TPSA) is 105 Å². The number of halogens is 1. The Morgan fingerprint density at radius 2 is 1.83 bits per heavy atom. The summed E-state index contributed by atoms with van der Waals surface area (Å²) in [5.74, 6) is 1.91. The maximum absolute atomic E-state index is 10.8. The van der Waals surface area contributed by atoms with Crippen LogP contribution in [0.5, 0.6) is 11.5 Å². The summed E-state index contributed by atoms with van der Waals surface area (Å²) in [6, 6.07) is 11.9. The smallest absolute Gasteiger partial charge is 0.404 e. The number of carbonyl (C=O) groups is 1. The second-order valence-electron chi connectivity index (χ2n) is 9.15. The van der Waals surface area contributed by atoms with E-state index in [1.807, 2.05) is 42.6 Å². The van der Waals surface area contributed by atoms with Crippen molar-refractivity contribution in [3.8, 4) is 11.5 Å². The van der Waals surface area contributed by atoms with Gasteiger partial charge in [0.15, 0.2) is 0 Å². The summed E-state index contributed by atoms with van der Waals surface area (Å²) in [4.78, 5) is 15.5. The predicted octanol–water partition coefficient (Wildman–Crippen LogP) is 5.43. The van der Waals surface area contributed by atoms with Crippen LogP contribution in [0, 0.1) is 5.92 Å². The zero-order valence-corrected chi connectivity index (χ0v) is 21.4. The van der Waals surface area contributed by atoms with Gasteiger partial charge in [0.1, 0.15) is 11.5 Å². The lowest BCUT2D eigenvalue weighted by molar-refractivity contribution is 0.190. The summed E-state index contributed by atoms with van der Waals surface area (Å²) in [7, 11) is 3.30. The average molecular weight is 513 g/mol. The first-order valence-electron chi connectivity index (χ1n) is 12.2. The molecule has 0 bridgehead atoms. The lowest BCUT2D eigenvalue weighted by Gasteiger charge is -2.30. The van der Waals surface area contributed by atoms with Crippen LogP contribution in [-0.2, 0) is 13.1 Å². The van der Waals surface area contributed by atoms with Crippen molar-refractivity contribution in [3.63, 3.8) is 0 Å². The van der Waals surface area contributed by atoms with E-state index >= 15 is 0 Å². The van der Waals surface area contributed by atoms with Crippen LogP contribution in [0.15, 0.2) is 42.6 Å². The number of anilines is 1. The van der Waals surface area contributed by atoms with E-state index in [2.05, 4.69) is 20.9 Å². The number of nitrogens with one attached hydrogen (secondary N) is 3. The average Bonchev–Trinajstić information content (AvgIpc) is 2.89. The highest BCUT2D eigenvalue weighted by Gasteiger charge is 2.23. The zero-order chi connectivity index (χ0) is 25.5. The third-order valence-electron chi connectivity index (χ3n) is 6.77. The second kappa shape index (κ2) is 12.1. The Kier molecular flexibility index (Phi) is 8.72. The van der Waals surface area contributed by atoms with Crippen LogP contribution in [0.3, 0.4) is 0 Å². The molecule has 4 N–H and O–H groups in total. The molecule has 0 aliphatic heterocycles. The van der Waals surface area contributed by atoms with Gasteiger partial charge in [0.2, 0.25) is 0 Å². The van der Waals surface area contributed by atoms with Crippen LogP contribution in [0.25, 0.3) is 10.9 Å². The predicted molar refractivity (Wildman–Crippen MR) is 142 cm³/mol. The van der Waals surface area contributed by atoms with Gasteiger partial charge in [-0.2, -0.15) is 0 Å². The molecular formula is C27H33ClN4O4. The van der Waals surface area contributed by atoms with Crippen LogP contribution in [-0.4, -0.2) is 43.0 Å². The van der Waals surface area contributed by atoms with Gasteiger partial charge in [0, 0.05) is 65.2 Å². The van der Waals surface area contributed by atoms with Crippen molar-refractivity contribution < 1.29 is 19.4 Å². The number of ether oxygens (including phenoxy) is 2. The summed E-state index contributed by atoms with van der Waals surface area (Å²) in [5, 5.41) is 20.4. The molecule has 1 fully saturated rings. The number of methoxy groups -OCH3 is 2. The summed E-state index contributed by atoms with van der Waals surface area (Å²) in [6.07, 6.45) is 4.87. The molecule has 3 aromatic rings. The fraction of sp³-hybridized carbons (Fsp3) is 0.407. The van der Waals surface area contributed by atoms with E-state index < -0.39 is 6.09 Å². The van der Waals surface area contributed by atoms with Gasteiger partial charge >= 0.3 is 6.09 Å². The molecule has 4 rings (SSSR count). The molecule has 0 spiro atoms. The monoisotopic (exact) mass is 512 g/mol. The van der Waals surface area contributed by atoms with E-state index in [1.54, 1.807) is 14.2 Å². The third kappa shape index (κ3) is 6.50. The Morgan fingerprint density at radius 3 is 2.56 bits per heavy atom. The van der Waals surface area contributed by atoms with Gasteiger partial charge in [-0.1, -0.05) is 17.7 Å². The number of hydrogen-bond donors (Lipinski definition) is 4. The Bertz CT molecular complexity index is 1200. The summed E-state index contributed by atoms with van der Waals surface area (Å²) in [6.45, 7) is 1.76. The molecule has 0 saturated heterocycles. The van der Waals surface area contributed by atoms with E-state index in [-0.39, 0.29) is 0 Å². The van der Waals surface area contributed by atoms with Crippen molar-refractivity contribution in [2.24, 2.45) is 5.92 Å². The van der Waals surface area contributed by atoms with Gasteiger partial charge in [-0.3, -0.25) is 4.98 Å². The first-order valence-corrected chi connectivity index (χ1v) is 12.6. The van der Waals surface area contributed by atoms with Gasteiger partial charge in [0.05, 0.1) is 19.7 Å². The number of carboxylic acid groups (broad SMARTS) is 1. The maximum Gasteiger partial charge on any atom is 0.404 e. The van der Waals surface area contributed by atoms with Gasteiger partial charge in [-0.05, 0) is 55.9 Å². The number of fused-ring (bicyclic) bond motifs is 1. The molecule has 192 valence electrons. The first-order chi connectivity index (χ1) is 17.5. The Balaban J connectivity index is 1.48. The van der Waals surface area contributed by atoms with Gasteiger partial charge in [-0.15, -0.1) is 0 Å². The van der Waals surface area contributed by atoms with Crippen molar-refractivity contribution in [1.82, 2.24) is 15.6 Å². The molecule has 1 saturated carbocycles. The van der Waals surface area contributed by atoms with Crippen molar-refractivity contribution in [3.05, 3.63) is 58.7 Å². The molecule has 1 aromatic heterocycles. The van der Waals surface area contributed by atoms with Gasteiger partial charge in [-0.25, -0.2) is 4.79 Å². The minimum absolute atomic E-state index is 0.302. The highest BCUT2D eigenvalue weighted by Crippen LogP contribution is 2.33. The lowest BCUT2D eigenvalue weighted by Crippen LogP contribution is -2.33. The Labute approximate surface area is 216 Å². The number of amides is 1. The molecule has 36 heavy (non-hydrogen) atoms. The summed E-state index contributed by atoms with van der Waals surface area (Å²) in [5.41, 5.74) is 4.04. The number of rotatable bonds is 10. The minimum Gasteiger partial charge on any atom is -0.497 e. The van der Waals surface area contributed by atoms with Crippen LogP contribution in [0.4, 0.5) is 10.5 Å². The highest BCUT2D eigenvalue weighted by atomic mass is 35.5. The third-order valence-corrected chi connectivity index (χ3v) is 7.01. The number of benzene rings is 2. The van der Waals surface area contributed by atoms with Crippen molar-refractivity contribution in [2.45, 2.75) is 44.8 Å². The molecular weight excluding hydrogens is 480 g/mol. The van der Waals surface area contributed by atoms with Crippen molar-refractivity contribution in [1.29, 1.82) is 0 Å². The maximum atomic E-state index is 10.8. The normalized spacial score (nSPS) is 17.5. The molecule has 1 aliphatic rings. The van der Waals surface area contributed by atoms with E-state index in [1.165, 1.54) is 0 Å². The summed E-state index contributed by atoms with van der Waals surface area (Å²) >= 11 is 6.36. The molecule has 8 nitrogen and oxygen atoms in total. The number of nitrogens with zero attached hydrogens (tertiary/aromatic N) is 1. The van der Waals surface area contributed by atoms with Gasteiger partial charge < -0.3 is 30.5 Å². The standard InChI is InChI=1S/C27H33ClN4O4/c1-35-22-9-5-18(25(12-22)36-2)14-29-15-19-16-30-24-10-6-20(28)11-23(24)26(19)32-21-7-3-17(4-8-21)13-31-27(33)34/h5-6,9-12,16-17,21,29,31H,3-4,7-8,13-15H2,1-2H3,(H,30,32)(H,33,34). The quantitative estimate of drug-likeness (QED) is 0.287. The second-order valence-corrected chi connectivity index (χ2v) is 9.59. The SMILES string of the molecule is COc1ccc(CNCc2cnc3ccc(Cl)cc3c2NC2CCC(CNC(=O)O)CC2)c(OC)c1. The molecule has 0 radical (unpaired) electrons. The molecule has 0 unspecified atom stereocenters. The largest absolute Gasteiger partial charge is 0.497 e.